The first-order chi connectivity index (χ1) is 5.38. The van der Waals surface area contributed by atoms with Crippen LogP contribution < -0.4 is 5.32 Å². The standard InChI is InChI=1S/C9H12N2/c1-7-9-8(4-6-10-7)3-2-5-11-9/h4,6,11H,2-3,5H2,1H3. The molecule has 2 heterocycles. The Morgan fingerprint density at radius 2 is 2.45 bits per heavy atom. The van der Waals surface area contributed by atoms with Gasteiger partial charge in [0, 0.05) is 12.7 Å². The first-order valence-corrected chi connectivity index (χ1v) is 4.06. The van der Waals surface area contributed by atoms with Gasteiger partial charge in [0.2, 0.25) is 0 Å². The van der Waals surface area contributed by atoms with Crippen LogP contribution in [0.15, 0.2) is 12.3 Å². The summed E-state index contributed by atoms with van der Waals surface area (Å²) in [4.78, 5) is 4.23. The molecule has 1 aromatic heterocycles. The zero-order valence-corrected chi connectivity index (χ0v) is 6.72. The molecule has 2 heteroatoms. The Bertz CT molecular complexity index is 268. The van der Waals surface area contributed by atoms with Gasteiger partial charge >= 0.3 is 0 Å². The van der Waals surface area contributed by atoms with Crippen molar-refractivity contribution >= 4 is 5.69 Å². The van der Waals surface area contributed by atoms with Crippen LogP contribution in [-0.2, 0) is 6.42 Å². The average Bonchev–Trinajstić information content (AvgIpc) is 2.06. The van der Waals surface area contributed by atoms with Gasteiger partial charge in [-0.3, -0.25) is 4.98 Å². The van der Waals surface area contributed by atoms with E-state index in [1.165, 1.54) is 24.1 Å². The van der Waals surface area contributed by atoms with E-state index in [4.69, 9.17) is 0 Å². The molecule has 0 saturated carbocycles. The van der Waals surface area contributed by atoms with E-state index in [9.17, 15) is 0 Å². The lowest BCUT2D eigenvalue weighted by Gasteiger charge is -2.18. The van der Waals surface area contributed by atoms with Gasteiger partial charge in [0.25, 0.3) is 0 Å². The van der Waals surface area contributed by atoms with E-state index < -0.39 is 0 Å². The van der Waals surface area contributed by atoms with Gasteiger partial charge < -0.3 is 5.32 Å². The quantitative estimate of drug-likeness (QED) is 0.606. The minimum atomic E-state index is 1.10. The molecule has 58 valence electrons. The number of nitrogens with one attached hydrogen (secondary N) is 1. The lowest BCUT2D eigenvalue weighted by Crippen LogP contribution is -2.13. The number of pyridine rings is 1. The number of hydrogen-bond acceptors (Lipinski definition) is 2. The molecular formula is C9H12N2. The van der Waals surface area contributed by atoms with Gasteiger partial charge in [0.05, 0.1) is 11.4 Å². The molecule has 2 nitrogen and oxygen atoms in total. The average molecular weight is 148 g/mol. The highest BCUT2D eigenvalue weighted by atomic mass is 14.9. The molecule has 0 spiro atoms. The number of rotatable bonds is 0. The zero-order valence-electron chi connectivity index (χ0n) is 6.72. The monoisotopic (exact) mass is 148 g/mol. The molecule has 0 atom stereocenters. The summed E-state index contributed by atoms with van der Waals surface area (Å²) in [5.74, 6) is 0. The molecule has 0 aromatic carbocycles. The third-order valence-electron chi connectivity index (χ3n) is 2.15. The zero-order chi connectivity index (χ0) is 7.68. The van der Waals surface area contributed by atoms with Crippen molar-refractivity contribution in [1.29, 1.82) is 0 Å². The number of anilines is 1. The summed E-state index contributed by atoms with van der Waals surface area (Å²) in [7, 11) is 0. The smallest absolute Gasteiger partial charge is 0.0606 e. The van der Waals surface area contributed by atoms with Crippen molar-refractivity contribution < 1.29 is 0 Å². The van der Waals surface area contributed by atoms with Crippen LogP contribution in [0, 0.1) is 6.92 Å². The van der Waals surface area contributed by atoms with Crippen LogP contribution >= 0.6 is 0 Å². The Balaban J connectivity index is 2.49. The molecule has 0 unspecified atom stereocenters. The number of fused-ring (bicyclic) bond motifs is 1. The molecular weight excluding hydrogens is 136 g/mol. The summed E-state index contributed by atoms with van der Waals surface area (Å²) in [5, 5.41) is 3.37. The van der Waals surface area contributed by atoms with Crippen LogP contribution in [0.5, 0.6) is 0 Å². The molecule has 0 saturated heterocycles. The molecule has 1 aromatic rings. The van der Waals surface area contributed by atoms with Gasteiger partial charge in [-0.2, -0.15) is 0 Å². The highest BCUT2D eigenvalue weighted by Gasteiger charge is 2.09. The Morgan fingerprint density at radius 1 is 1.55 bits per heavy atom. The second kappa shape index (κ2) is 2.53. The molecule has 0 bridgehead atoms. The predicted molar refractivity (Wildman–Crippen MR) is 45.8 cm³/mol. The normalized spacial score (nSPS) is 15.4. The van der Waals surface area contributed by atoms with Gasteiger partial charge in [-0.1, -0.05) is 0 Å². The SMILES string of the molecule is Cc1nccc2c1NCCC2. The van der Waals surface area contributed by atoms with E-state index >= 15 is 0 Å². The fourth-order valence-electron chi connectivity index (χ4n) is 1.56. The van der Waals surface area contributed by atoms with Gasteiger partial charge in [0.15, 0.2) is 0 Å². The third kappa shape index (κ3) is 1.09. The number of aryl methyl sites for hydroxylation is 2. The number of nitrogens with zero attached hydrogens (tertiary/aromatic N) is 1. The predicted octanol–water partition coefficient (Wildman–Crippen LogP) is 1.75. The Morgan fingerprint density at radius 3 is 3.27 bits per heavy atom. The Labute approximate surface area is 66.7 Å². The van der Waals surface area contributed by atoms with Crippen LogP contribution in [0.1, 0.15) is 17.7 Å². The van der Waals surface area contributed by atoms with Crippen molar-refractivity contribution in [3.05, 3.63) is 23.5 Å². The summed E-state index contributed by atoms with van der Waals surface area (Å²) in [5.41, 5.74) is 3.81. The Kier molecular flexibility index (Phi) is 1.53. The molecule has 0 radical (unpaired) electrons. The molecule has 2 rings (SSSR count). The highest BCUT2D eigenvalue weighted by molar-refractivity contribution is 5.55. The minimum Gasteiger partial charge on any atom is -0.383 e. The lowest BCUT2D eigenvalue weighted by atomic mass is 10.0. The fraction of sp³-hybridized carbons (Fsp3) is 0.444. The van der Waals surface area contributed by atoms with E-state index in [0.29, 0.717) is 0 Å². The van der Waals surface area contributed by atoms with Crippen molar-refractivity contribution in [2.24, 2.45) is 0 Å². The van der Waals surface area contributed by atoms with E-state index in [1.54, 1.807) is 0 Å². The van der Waals surface area contributed by atoms with Gasteiger partial charge in [-0.15, -0.1) is 0 Å². The molecule has 1 aliphatic rings. The summed E-state index contributed by atoms with van der Waals surface area (Å²) in [6, 6.07) is 2.11. The van der Waals surface area contributed by atoms with Crippen LogP contribution in [0.3, 0.4) is 0 Å². The second-order valence-electron chi connectivity index (χ2n) is 2.96. The maximum absolute atomic E-state index is 4.23. The van der Waals surface area contributed by atoms with Crippen molar-refractivity contribution in [2.75, 3.05) is 11.9 Å². The minimum absolute atomic E-state index is 1.10. The highest BCUT2D eigenvalue weighted by Crippen LogP contribution is 2.22. The molecule has 0 fully saturated rings. The van der Waals surface area contributed by atoms with Crippen LogP contribution in [0.4, 0.5) is 5.69 Å². The first kappa shape index (κ1) is 6.65. The third-order valence-corrected chi connectivity index (χ3v) is 2.15. The van der Waals surface area contributed by atoms with Crippen LogP contribution in [0.2, 0.25) is 0 Å². The van der Waals surface area contributed by atoms with E-state index in [1.807, 2.05) is 6.20 Å². The largest absolute Gasteiger partial charge is 0.383 e. The molecule has 0 amide bonds. The van der Waals surface area contributed by atoms with E-state index in [2.05, 4.69) is 23.3 Å². The van der Waals surface area contributed by atoms with Crippen molar-refractivity contribution in [1.82, 2.24) is 4.98 Å². The van der Waals surface area contributed by atoms with E-state index in [-0.39, 0.29) is 0 Å². The molecule has 0 aliphatic carbocycles. The van der Waals surface area contributed by atoms with Crippen LogP contribution in [-0.4, -0.2) is 11.5 Å². The molecule has 1 N–H and O–H groups in total. The summed E-state index contributed by atoms with van der Waals surface area (Å²) in [6.07, 6.45) is 4.34. The molecule has 1 aliphatic heterocycles. The van der Waals surface area contributed by atoms with E-state index in [0.717, 1.165) is 12.2 Å². The summed E-state index contributed by atoms with van der Waals surface area (Å²) in [6.45, 7) is 3.15. The summed E-state index contributed by atoms with van der Waals surface area (Å²) >= 11 is 0. The van der Waals surface area contributed by atoms with Crippen molar-refractivity contribution in [3.63, 3.8) is 0 Å². The van der Waals surface area contributed by atoms with Crippen molar-refractivity contribution in [3.8, 4) is 0 Å². The second-order valence-corrected chi connectivity index (χ2v) is 2.96. The first-order valence-electron chi connectivity index (χ1n) is 4.06. The summed E-state index contributed by atoms with van der Waals surface area (Å²) < 4.78 is 0. The maximum Gasteiger partial charge on any atom is 0.0606 e. The van der Waals surface area contributed by atoms with Gasteiger partial charge in [0.1, 0.15) is 0 Å². The fourth-order valence-corrected chi connectivity index (χ4v) is 1.56. The number of aromatic nitrogens is 1. The number of hydrogen-bond donors (Lipinski definition) is 1. The Hall–Kier alpha value is -1.05. The topological polar surface area (TPSA) is 24.9 Å². The van der Waals surface area contributed by atoms with Crippen LogP contribution in [0.25, 0.3) is 0 Å². The van der Waals surface area contributed by atoms with Gasteiger partial charge in [-0.05, 0) is 31.4 Å². The van der Waals surface area contributed by atoms with Gasteiger partial charge in [-0.25, -0.2) is 0 Å². The van der Waals surface area contributed by atoms with Crippen molar-refractivity contribution in [2.45, 2.75) is 19.8 Å². The maximum atomic E-state index is 4.23. The molecule has 11 heavy (non-hydrogen) atoms. The lowest BCUT2D eigenvalue weighted by molar-refractivity contribution is 0.822.